The predicted molar refractivity (Wildman–Crippen MR) is 78.4 cm³/mol. The Labute approximate surface area is 119 Å². The first-order chi connectivity index (χ1) is 9.50. The summed E-state index contributed by atoms with van der Waals surface area (Å²) in [6, 6.07) is 10.9. The summed E-state index contributed by atoms with van der Waals surface area (Å²) in [6.07, 6.45) is 3.61. The molecule has 1 atom stereocenters. The normalized spacial score (nSPS) is 13.3. The van der Waals surface area contributed by atoms with Crippen LogP contribution in [0, 0.1) is 0 Å². The lowest BCUT2D eigenvalue weighted by atomic mass is 10.0. The number of sulfone groups is 1. The molecule has 1 unspecified atom stereocenters. The van der Waals surface area contributed by atoms with Crippen LogP contribution >= 0.6 is 0 Å². The Hall–Kier alpha value is -1.59. The van der Waals surface area contributed by atoms with Gasteiger partial charge in [0.05, 0.1) is 11.2 Å². The molecule has 0 saturated heterocycles. The molecular weight excluding hydrogens is 274 g/mol. The van der Waals surface area contributed by atoms with Crippen LogP contribution in [0.1, 0.15) is 24.3 Å². The zero-order valence-electron chi connectivity index (χ0n) is 11.7. The van der Waals surface area contributed by atoms with Gasteiger partial charge in [-0.15, -0.1) is 0 Å². The average Bonchev–Trinajstić information content (AvgIpc) is 2.90. The Bertz CT molecular complexity index is 630. The van der Waals surface area contributed by atoms with E-state index in [0.29, 0.717) is 4.90 Å². The highest BCUT2D eigenvalue weighted by molar-refractivity contribution is 7.90. The van der Waals surface area contributed by atoms with Gasteiger partial charge in [0.15, 0.2) is 9.84 Å². The molecule has 0 fully saturated rings. The second-order valence-corrected chi connectivity index (χ2v) is 6.75. The molecular formula is C15H19NO3S. The first-order valence-corrected chi connectivity index (χ1v) is 8.45. The van der Waals surface area contributed by atoms with Gasteiger partial charge in [-0.2, -0.15) is 0 Å². The van der Waals surface area contributed by atoms with Gasteiger partial charge >= 0.3 is 0 Å². The third kappa shape index (κ3) is 3.71. The largest absolute Gasteiger partial charge is 0.469 e. The molecule has 0 radical (unpaired) electrons. The molecule has 0 saturated carbocycles. The smallest absolute Gasteiger partial charge is 0.175 e. The fourth-order valence-electron chi connectivity index (χ4n) is 2.13. The third-order valence-corrected chi connectivity index (χ3v) is 4.28. The second-order valence-electron chi connectivity index (χ2n) is 4.73. The maximum Gasteiger partial charge on any atom is 0.175 e. The summed E-state index contributed by atoms with van der Waals surface area (Å²) in [5, 5.41) is 3.39. The van der Waals surface area contributed by atoms with E-state index in [0.717, 1.165) is 24.3 Å². The number of nitrogens with one attached hydrogen (secondary N) is 1. The van der Waals surface area contributed by atoms with Crippen molar-refractivity contribution in [3.63, 3.8) is 0 Å². The Kier molecular flexibility index (Phi) is 4.62. The fraction of sp³-hybridized carbons (Fsp3) is 0.333. The van der Waals surface area contributed by atoms with Crippen molar-refractivity contribution < 1.29 is 12.8 Å². The molecule has 1 heterocycles. The number of benzene rings is 1. The van der Waals surface area contributed by atoms with Gasteiger partial charge < -0.3 is 9.73 Å². The van der Waals surface area contributed by atoms with Gasteiger partial charge in [-0.1, -0.05) is 19.1 Å². The zero-order chi connectivity index (χ0) is 14.6. The Morgan fingerprint density at radius 3 is 2.40 bits per heavy atom. The Balaban J connectivity index is 2.21. The highest BCUT2D eigenvalue weighted by atomic mass is 32.2. The van der Waals surface area contributed by atoms with E-state index in [2.05, 4.69) is 5.32 Å². The van der Waals surface area contributed by atoms with Crippen molar-refractivity contribution in [1.29, 1.82) is 0 Å². The topological polar surface area (TPSA) is 59.3 Å². The highest BCUT2D eigenvalue weighted by Crippen LogP contribution is 2.20. The summed E-state index contributed by atoms with van der Waals surface area (Å²) in [4.78, 5) is 0.342. The third-order valence-electron chi connectivity index (χ3n) is 3.15. The van der Waals surface area contributed by atoms with Crippen LogP contribution in [0.2, 0.25) is 0 Å². The van der Waals surface area contributed by atoms with E-state index < -0.39 is 9.84 Å². The predicted octanol–water partition coefficient (Wildman–Crippen LogP) is 2.58. The standard InChI is InChI=1S/C15H19NO3S/c1-3-16-15(11-13-5-4-10-19-13)12-6-8-14(9-7-12)20(2,17)18/h4-10,15-16H,3,11H2,1-2H3. The van der Waals surface area contributed by atoms with Crippen molar-refractivity contribution in [2.24, 2.45) is 0 Å². The van der Waals surface area contributed by atoms with Crippen LogP contribution in [-0.2, 0) is 16.3 Å². The van der Waals surface area contributed by atoms with E-state index in [1.807, 2.05) is 31.2 Å². The molecule has 0 aliphatic heterocycles. The quantitative estimate of drug-likeness (QED) is 0.889. The Morgan fingerprint density at radius 2 is 1.90 bits per heavy atom. The monoisotopic (exact) mass is 293 g/mol. The van der Waals surface area contributed by atoms with Gasteiger partial charge in [0.2, 0.25) is 0 Å². The SMILES string of the molecule is CCNC(Cc1ccco1)c1ccc(S(C)(=O)=O)cc1. The first-order valence-electron chi connectivity index (χ1n) is 6.56. The molecule has 1 aromatic heterocycles. The summed E-state index contributed by atoms with van der Waals surface area (Å²) in [5.74, 6) is 0.906. The number of hydrogen-bond donors (Lipinski definition) is 1. The molecule has 20 heavy (non-hydrogen) atoms. The molecule has 1 N–H and O–H groups in total. The average molecular weight is 293 g/mol. The van der Waals surface area contributed by atoms with Crippen LogP contribution in [0.15, 0.2) is 52.0 Å². The van der Waals surface area contributed by atoms with E-state index >= 15 is 0 Å². The zero-order valence-corrected chi connectivity index (χ0v) is 12.5. The summed E-state index contributed by atoms with van der Waals surface area (Å²) in [7, 11) is -3.15. The van der Waals surface area contributed by atoms with Crippen molar-refractivity contribution in [2.75, 3.05) is 12.8 Å². The van der Waals surface area contributed by atoms with Crippen LogP contribution in [0.25, 0.3) is 0 Å². The van der Waals surface area contributed by atoms with Crippen LogP contribution < -0.4 is 5.32 Å². The van der Waals surface area contributed by atoms with Crippen molar-refractivity contribution in [3.05, 3.63) is 54.0 Å². The van der Waals surface area contributed by atoms with Gasteiger partial charge in [0.25, 0.3) is 0 Å². The minimum Gasteiger partial charge on any atom is -0.469 e. The van der Waals surface area contributed by atoms with Crippen molar-refractivity contribution >= 4 is 9.84 Å². The molecule has 5 heteroatoms. The number of rotatable bonds is 6. The van der Waals surface area contributed by atoms with Crippen LogP contribution in [-0.4, -0.2) is 21.2 Å². The van der Waals surface area contributed by atoms with Crippen LogP contribution in [0.3, 0.4) is 0 Å². The van der Waals surface area contributed by atoms with Gasteiger partial charge in [-0.25, -0.2) is 8.42 Å². The Morgan fingerprint density at radius 1 is 1.20 bits per heavy atom. The molecule has 0 bridgehead atoms. The molecule has 108 valence electrons. The molecule has 0 aliphatic rings. The lowest BCUT2D eigenvalue weighted by molar-refractivity contribution is 0.455. The summed E-state index contributed by atoms with van der Waals surface area (Å²) in [6.45, 7) is 2.87. The summed E-state index contributed by atoms with van der Waals surface area (Å²) >= 11 is 0. The summed E-state index contributed by atoms with van der Waals surface area (Å²) in [5.41, 5.74) is 1.05. The molecule has 0 spiro atoms. The van der Waals surface area contributed by atoms with Gasteiger partial charge in [0, 0.05) is 18.7 Å². The molecule has 2 aromatic rings. The van der Waals surface area contributed by atoms with Crippen molar-refractivity contribution in [3.8, 4) is 0 Å². The lowest BCUT2D eigenvalue weighted by Gasteiger charge is -2.17. The minimum atomic E-state index is -3.15. The summed E-state index contributed by atoms with van der Waals surface area (Å²) < 4.78 is 28.3. The van der Waals surface area contributed by atoms with Crippen LogP contribution in [0.4, 0.5) is 0 Å². The number of furan rings is 1. The van der Waals surface area contributed by atoms with E-state index in [4.69, 9.17) is 4.42 Å². The number of hydrogen-bond acceptors (Lipinski definition) is 4. The maximum absolute atomic E-state index is 11.5. The maximum atomic E-state index is 11.5. The van der Waals surface area contributed by atoms with E-state index in [-0.39, 0.29) is 6.04 Å². The second kappa shape index (κ2) is 6.24. The van der Waals surface area contributed by atoms with E-state index in [9.17, 15) is 8.42 Å². The number of likely N-dealkylation sites (N-methyl/N-ethyl adjacent to an activating group) is 1. The van der Waals surface area contributed by atoms with Gasteiger partial charge in [0.1, 0.15) is 5.76 Å². The first kappa shape index (κ1) is 14.8. The lowest BCUT2D eigenvalue weighted by Crippen LogP contribution is -2.22. The van der Waals surface area contributed by atoms with E-state index in [1.165, 1.54) is 6.26 Å². The van der Waals surface area contributed by atoms with Gasteiger partial charge in [-0.05, 0) is 36.4 Å². The van der Waals surface area contributed by atoms with Gasteiger partial charge in [-0.3, -0.25) is 0 Å². The van der Waals surface area contributed by atoms with Crippen molar-refractivity contribution in [2.45, 2.75) is 24.3 Å². The molecule has 2 rings (SSSR count). The molecule has 0 aliphatic carbocycles. The highest BCUT2D eigenvalue weighted by Gasteiger charge is 2.14. The fourth-order valence-corrected chi connectivity index (χ4v) is 2.76. The molecule has 4 nitrogen and oxygen atoms in total. The van der Waals surface area contributed by atoms with Crippen LogP contribution in [0.5, 0.6) is 0 Å². The minimum absolute atomic E-state index is 0.111. The molecule has 0 amide bonds. The van der Waals surface area contributed by atoms with E-state index in [1.54, 1.807) is 18.4 Å². The molecule has 1 aromatic carbocycles. The van der Waals surface area contributed by atoms with Crippen molar-refractivity contribution in [1.82, 2.24) is 5.32 Å².